The normalized spacial score (nSPS) is 29.2. The van der Waals surface area contributed by atoms with Gasteiger partial charge in [0.05, 0.1) is 0 Å². The molecule has 0 aliphatic heterocycles. The molecule has 0 amide bonds. The van der Waals surface area contributed by atoms with E-state index in [2.05, 4.69) is 44.8 Å². The van der Waals surface area contributed by atoms with Crippen LogP contribution in [0.25, 0.3) is 0 Å². The van der Waals surface area contributed by atoms with Gasteiger partial charge >= 0.3 is 92.0 Å². The Kier molecular flexibility index (Phi) is 2.99. The topological polar surface area (TPSA) is 0 Å². The molecule has 1 unspecified atom stereocenters. The van der Waals surface area contributed by atoms with Gasteiger partial charge in [0, 0.05) is 0 Å². The molecule has 0 N–H and O–H groups in total. The van der Waals surface area contributed by atoms with Crippen molar-refractivity contribution in [1.29, 1.82) is 0 Å². The van der Waals surface area contributed by atoms with Crippen LogP contribution >= 0.6 is 0 Å². The van der Waals surface area contributed by atoms with E-state index >= 15 is 0 Å². The molecule has 0 bridgehead atoms. The average Bonchev–Trinajstić information content (AvgIpc) is 2.30. The van der Waals surface area contributed by atoms with Crippen molar-refractivity contribution >= 4 is 32.4 Å². The molecule has 0 aromatic rings. The van der Waals surface area contributed by atoms with Crippen molar-refractivity contribution in [1.82, 2.24) is 0 Å². The molecule has 1 atom stereocenters. The SMILES string of the molecule is CCC1=CC=C[C]1([In])[Si](C)(C)C. The van der Waals surface area contributed by atoms with E-state index in [0.717, 1.165) is 0 Å². The molecule has 0 fully saturated rings. The third kappa shape index (κ3) is 1.60. The van der Waals surface area contributed by atoms with Crippen LogP contribution in [-0.4, -0.2) is 32.4 Å². The molecule has 1 rings (SSSR count). The molecule has 0 aromatic heterocycles. The minimum atomic E-state index is -1.03. The summed E-state index contributed by atoms with van der Waals surface area (Å²) >= 11 is 1.36. The van der Waals surface area contributed by atoms with E-state index in [1.165, 1.54) is 30.8 Å². The summed E-state index contributed by atoms with van der Waals surface area (Å²) in [6.45, 7) is 9.73. The Morgan fingerprint density at radius 3 is 2.33 bits per heavy atom. The molecule has 0 spiro atoms. The molecule has 1 aliphatic carbocycles. The molecule has 0 aromatic carbocycles. The van der Waals surface area contributed by atoms with Crippen molar-refractivity contribution in [3.63, 3.8) is 0 Å². The Morgan fingerprint density at radius 2 is 2.00 bits per heavy atom. The van der Waals surface area contributed by atoms with E-state index in [-0.39, 0.29) is 0 Å². The summed E-state index contributed by atoms with van der Waals surface area (Å²) in [5.41, 5.74) is 1.68. The third-order valence-corrected chi connectivity index (χ3v) is 14.8. The van der Waals surface area contributed by atoms with Crippen molar-refractivity contribution in [3.05, 3.63) is 23.8 Å². The molecule has 2 heteroatoms. The second-order valence-corrected chi connectivity index (χ2v) is 14.1. The van der Waals surface area contributed by atoms with Gasteiger partial charge in [-0.3, -0.25) is 0 Å². The Labute approximate surface area is 91.7 Å². The summed E-state index contributed by atoms with van der Waals surface area (Å²) in [5.74, 6) is 0. The zero-order valence-corrected chi connectivity index (χ0v) is 12.8. The first kappa shape index (κ1) is 10.6. The summed E-state index contributed by atoms with van der Waals surface area (Å²) in [6.07, 6.45) is 8.30. The minimum absolute atomic E-state index is 0.548. The zero-order chi connectivity index (χ0) is 9.41. The summed E-state index contributed by atoms with van der Waals surface area (Å²) in [5, 5.41) is 0. The summed E-state index contributed by atoms with van der Waals surface area (Å²) < 4.78 is 0.548. The molecular formula is C10H17InSi. The van der Waals surface area contributed by atoms with Crippen molar-refractivity contribution in [2.75, 3.05) is 0 Å². The van der Waals surface area contributed by atoms with E-state index in [4.69, 9.17) is 0 Å². The van der Waals surface area contributed by atoms with Gasteiger partial charge in [0.25, 0.3) is 0 Å². The summed E-state index contributed by atoms with van der Waals surface area (Å²) in [7, 11) is -1.03. The Morgan fingerprint density at radius 1 is 1.42 bits per heavy atom. The van der Waals surface area contributed by atoms with Crippen LogP contribution in [0.5, 0.6) is 0 Å². The van der Waals surface area contributed by atoms with Gasteiger partial charge < -0.3 is 0 Å². The summed E-state index contributed by atoms with van der Waals surface area (Å²) in [4.78, 5) is 0. The molecule has 0 heterocycles. The van der Waals surface area contributed by atoms with Crippen LogP contribution in [0.2, 0.25) is 22.4 Å². The molecule has 64 valence electrons. The van der Waals surface area contributed by atoms with Crippen molar-refractivity contribution in [3.8, 4) is 0 Å². The van der Waals surface area contributed by atoms with E-state index < -0.39 is 8.07 Å². The van der Waals surface area contributed by atoms with Gasteiger partial charge in [-0.25, -0.2) is 0 Å². The molecule has 2 radical (unpaired) electrons. The van der Waals surface area contributed by atoms with Crippen LogP contribution < -0.4 is 0 Å². The molecule has 0 saturated heterocycles. The van der Waals surface area contributed by atoms with Crippen LogP contribution in [-0.2, 0) is 0 Å². The van der Waals surface area contributed by atoms with Gasteiger partial charge in [-0.2, -0.15) is 0 Å². The fraction of sp³-hybridized carbons (Fsp3) is 0.600. The molecule has 0 saturated carbocycles. The predicted molar refractivity (Wildman–Crippen MR) is 59.3 cm³/mol. The first-order chi connectivity index (χ1) is 5.42. The first-order valence-electron chi connectivity index (χ1n) is 4.59. The van der Waals surface area contributed by atoms with Gasteiger partial charge in [-0.15, -0.1) is 0 Å². The monoisotopic (exact) mass is 280 g/mol. The third-order valence-electron chi connectivity index (χ3n) is 2.81. The number of allylic oxidation sites excluding steroid dienone is 4. The van der Waals surface area contributed by atoms with Gasteiger partial charge in [0.15, 0.2) is 0 Å². The van der Waals surface area contributed by atoms with Crippen molar-refractivity contribution < 1.29 is 0 Å². The standard InChI is InChI=1S/C10H17Si.In/c1-5-9-7-6-8-10(9)11(2,3)4;/h6-8H,5H2,1-4H3;. The van der Waals surface area contributed by atoms with Gasteiger partial charge in [-0.1, -0.05) is 0 Å². The second-order valence-electron chi connectivity index (χ2n) is 4.52. The van der Waals surface area contributed by atoms with Crippen LogP contribution in [0.15, 0.2) is 23.8 Å². The van der Waals surface area contributed by atoms with Crippen LogP contribution in [0, 0.1) is 0 Å². The fourth-order valence-corrected chi connectivity index (χ4v) is 4.70. The number of hydrogen-bond acceptors (Lipinski definition) is 0. The van der Waals surface area contributed by atoms with Crippen LogP contribution in [0.3, 0.4) is 0 Å². The maximum atomic E-state index is 2.48. The molecule has 12 heavy (non-hydrogen) atoms. The van der Waals surface area contributed by atoms with E-state index in [1.54, 1.807) is 5.57 Å². The van der Waals surface area contributed by atoms with Gasteiger partial charge in [-0.05, 0) is 0 Å². The fourth-order valence-electron chi connectivity index (χ4n) is 1.70. The summed E-state index contributed by atoms with van der Waals surface area (Å²) in [6, 6.07) is 0. The predicted octanol–water partition coefficient (Wildman–Crippen LogP) is 3.10. The first-order valence-corrected chi connectivity index (χ1v) is 9.74. The van der Waals surface area contributed by atoms with Gasteiger partial charge in [0.1, 0.15) is 0 Å². The molecule has 1 aliphatic rings. The maximum absolute atomic E-state index is 2.48. The van der Waals surface area contributed by atoms with Crippen LogP contribution in [0.4, 0.5) is 0 Å². The van der Waals surface area contributed by atoms with Crippen molar-refractivity contribution in [2.45, 2.75) is 35.8 Å². The second kappa shape index (κ2) is 3.37. The molecular weight excluding hydrogens is 263 g/mol. The number of rotatable bonds is 2. The quantitative estimate of drug-likeness (QED) is 0.682. The molecule has 0 nitrogen and oxygen atoms in total. The van der Waals surface area contributed by atoms with Crippen LogP contribution in [0.1, 0.15) is 13.3 Å². The number of hydrogen-bond donors (Lipinski definition) is 0. The average molecular weight is 280 g/mol. The Hall–Kier alpha value is 0.567. The van der Waals surface area contributed by atoms with Crippen molar-refractivity contribution in [2.24, 2.45) is 0 Å². The van der Waals surface area contributed by atoms with E-state index in [9.17, 15) is 0 Å². The Bertz CT molecular complexity index is 235. The van der Waals surface area contributed by atoms with Gasteiger partial charge in [0.2, 0.25) is 0 Å². The Balaban J connectivity index is 3.00. The van der Waals surface area contributed by atoms with E-state index in [1.807, 2.05) is 0 Å². The zero-order valence-electron chi connectivity index (χ0n) is 8.52. The van der Waals surface area contributed by atoms with E-state index in [0.29, 0.717) is 2.79 Å².